The predicted molar refractivity (Wildman–Crippen MR) is 52.7 cm³/mol. The van der Waals surface area contributed by atoms with Gasteiger partial charge in [-0.15, -0.1) is 11.6 Å². The van der Waals surface area contributed by atoms with Gasteiger partial charge in [0.15, 0.2) is 5.78 Å². The Bertz CT molecular complexity index is 382. The van der Waals surface area contributed by atoms with Gasteiger partial charge in [0.2, 0.25) is 0 Å². The molecule has 16 heavy (non-hydrogen) atoms. The highest BCUT2D eigenvalue weighted by Crippen LogP contribution is 2.19. The zero-order valence-electron chi connectivity index (χ0n) is 8.05. The summed E-state index contributed by atoms with van der Waals surface area (Å²) in [5.41, 5.74) is -0.0312. The van der Waals surface area contributed by atoms with Gasteiger partial charge in [0.05, 0.1) is 0 Å². The highest BCUT2D eigenvalue weighted by atomic mass is 35.5. The average Bonchev–Trinajstić information content (AvgIpc) is 2.15. The monoisotopic (exact) mass is 252 g/mol. The molecule has 0 aliphatic heterocycles. The molecule has 0 fully saturated rings. The lowest BCUT2D eigenvalue weighted by Crippen LogP contribution is -2.05. The van der Waals surface area contributed by atoms with Crippen molar-refractivity contribution in [1.82, 2.24) is 0 Å². The van der Waals surface area contributed by atoms with Crippen LogP contribution in [0.1, 0.15) is 16.8 Å². The number of alkyl halides is 3. The number of ether oxygens (including phenoxy) is 1. The van der Waals surface area contributed by atoms with E-state index in [1.54, 1.807) is 0 Å². The molecule has 0 saturated heterocycles. The highest BCUT2D eigenvalue weighted by molar-refractivity contribution is 6.19. The predicted octanol–water partition coefficient (Wildman–Crippen LogP) is 3.24. The molecule has 0 atom stereocenters. The molecule has 0 bridgehead atoms. The van der Waals surface area contributed by atoms with Gasteiger partial charge in [0.25, 0.3) is 0 Å². The van der Waals surface area contributed by atoms with Crippen molar-refractivity contribution in [3.8, 4) is 5.75 Å². The SMILES string of the molecule is O=C(CCCl)c1cc(F)cc(OC(F)F)c1. The van der Waals surface area contributed by atoms with E-state index in [2.05, 4.69) is 4.74 Å². The van der Waals surface area contributed by atoms with Crippen molar-refractivity contribution >= 4 is 17.4 Å². The van der Waals surface area contributed by atoms with E-state index in [4.69, 9.17) is 11.6 Å². The van der Waals surface area contributed by atoms with Crippen molar-refractivity contribution in [1.29, 1.82) is 0 Å². The molecule has 0 aliphatic rings. The molecule has 88 valence electrons. The third-order valence-electron chi connectivity index (χ3n) is 1.74. The number of hydrogen-bond acceptors (Lipinski definition) is 2. The van der Waals surface area contributed by atoms with Gasteiger partial charge in [-0.1, -0.05) is 0 Å². The van der Waals surface area contributed by atoms with Gasteiger partial charge in [-0.2, -0.15) is 8.78 Å². The Morgan fingerprint density at radius 2 is 2.06 bits per heavy atom. The molecule has 0 unspecified atom stereocenters. The minimum atomic E-state index is -3.06. The smallest absolute Gasteiger partial charge is 0.387 e. The number of ketones is 1. The molecule has 0 saturated carbocycles. The lowest BCUT2D eigenvalue weighted by atomic mass is 10.1. The second-order valence-electron chi connectivity index (χ2n) is 2.92. The third-order valence-corrected chi connectivity index (χ3v) is 1.93. The number of benzene rings is 1. The summed E-state index contributed by atoms with van der Waals surface area (Å²) in [5.74, 6) is -1.53. The van der Waals surface area contributed by atoms with Crippen LogP contribution in [-0.2, 0) is 0 Å². The first kappa shape index (κ1) is 12.8. The average molecular weight is 253 g/mol. The number of Topliss-reactive ketones (excluding diaryl/α,β-unsaturated/α-hetero) is 1. The van der Waals surface area contributed by atoms with Crippen LogP contribution in [0.25, 0.3) is 0 Å². The summed E-state index contributed by atoms with van der Waals surface area (Å²) in [7, 11) is 0. The second kappa shape index (κ2) is 5.75. The van der Waals surface area contributed by atoms with Gasteiger partial charge in [0.1, 0.15) is 11.6 Å². The maximum Gasteiger partial charge on any atom is 0.387 e. The quantitative estimate of drug-likeness (QED) is 0.594. The van der Waals surface area contributed by atoms with Gasteiger partial charge in [0, 0.05) is 23.9 Å². The van der Waals surface area contributed by atoms with Gasteiger partial charge in [-0.05, 0) is 12.1 Å². The van der Waals surface area contributed by atoms with Crippen LogP contribution in [0, 0.1) is 5.82 Å². The summed E-state index contributed by atoms with van der Waals surface area (Å²) in [6.45, 7) is -3.06. The number of carbonyl (C=O) groups excluding carboxylic acids is 1. The Kier molecular flexibility index (Phi) is 4.61. The fourth-order valence-corrected chi connectivity index (χ4v) is 1.30. The van der Waals surface area contributed by atoms with Crippen molar-refractivity contribution in [3.63, 3.8) is 0 Å². The van der Waals surface area contributed by atoms with E-state index < -0.39 is 18.2 Å². The highest BCUT2D eigenvalue weighted by Gasteiger charge is 2.11. The van der Waals surface area contributed by atoms with Crippen LogP contribution in [0.5, 0.6) is 5.75 Å². The van der Waals surface area contributed by atoms with Crippen LogP contribution in [0.2, 0.25) is 0 Å². The number of halogens is 4. The molecular formula is C10H8ClF3O2. The molecule has 0 N–H and O–H groups in total. The Morgan fingerprint density at radius 3 is 2.62 bits per heavy atom. The maximum atomic E-state index is 13.0. The van der Waals surface area contributed by atoms with Crippen LogP contribution >= 0.6 is 11.6 Å². The van der Waals surface area contributed by atoms with Crippen molar-refractivity contribution in [3.05, 3.63) is 29.6 Å². The van der Waals surface area contributed by atoms with E-state index >= 15 is 0 Å². The topological polar surface area (TPSA) is 26.3 Å². The molecule has 0 spiro atoms. The summed E-state index contributed by atoms with van der Waals surface area (Å²) in [6.07, 6.45) is 0.0130. The molecule has 6 heteroatoms. The molecule has 0 aliphatic carbocycles. The lowest BCUT2D eigenvalue weighted by Gasteiger charge is -2.06. The zero-order chi connectivity index (χ0) is 12.1. The minimum absolute atomic E-state index is 0.0130. The molecule has 2 nitrogen and oxygen atoms in total. The van der Waals surface area contributed by atoms with Crippen LogP contribution in [0.4, 0.5) is 13.2 Å². The van der Waals surface area contributed by atoms with Crippen molar-refractivity contribution in [2.45, 2.75) is 13.0 Å². The minimum Gasteiger partial charge on any atom is -0.435 e. The Labute approximate surface area is 95.0 Å². The van der Waals surface area contributed by atoms with E-state index in [9.17, 15) is 18.0 Å². The summed E-state index contributed by atoms with van der Waals surface area (Å²) < 4.78 is 40.7. The fourth-order valence-electron chi connectivity index (χ4n) is 1.12. The van der Waals surface area contributed by atoms with E-state index in [-0.39, 0.29) is 23.6 Å². The summed E-state index contributed by atoms with van der Waals surface area (Å²) in [6, 6.07) is 2.79. The van der Waals surface area contributed by atoms with Crippen LogP contribution in [0.3, 0.4) is 0 Å². The molecule has 1 aromatic rings. The van der Waals surface area contributed by atoms with Gasteiger partial charge < -0.3 is 4.74 Å². The number of rotatable bonds is 5. The zero-order valence-corrected chi connectivity index (χ0v) is 8.81. The van der Waals surface area contributed by atoms with Crippen molar-refractivity contribution in [2.24, 2.45) is 0 Å². The lowest BCUT2D eigenvalue weighted by molar-refractivity contribution is -0.0500. The van der Waals surface area contributed by atoms with E-state index in [0.717, 1.165) is 18.2 Å². The molecule has 0 radical (unpaired) electrons. The second-order valence-corrected chi connectivity index (χ2v) is 3.29. The van der Waals surface area contributed by atoms with E-state index in [1.165, 1.54) is 0 Å². The number of carbonyl (C=O) groups is 1. The first-order valence-corrected chi connectivity index (χ1v) is 4.91. The van der Waals surface area contributed by atoms with Crippen LogP contribution in [-0.4, -0.2) is 18.3 Å². The first-order chi connectivity index (χ1) is 7.52. The summed E-state index contributed by atoms with van der Waals surface area (Å²) in [4.78, 5) is 11.3. The molecule has 0 amide bonds. The van der Waals surface area contributed by atoms with Crippen LogP contribution in [0.15, 0.2) is 18.2 Å². The summed E-state index contributed by atoms with van der Waals surface area (Å²) in [5, 5.41) is 0. The summed E-state index contributed by atoms with van der Waals surface area (Å²) >= 11 is 5.34. The Hall–Kier alpha value is -1.23. The van der Waals surface area contributed by atoms with Crippen LogP contribution < -0.4 is 4.74 Å². The van der Waals surface area contributed by atoms with Crippen molar-refractivity contribution in [2.75, 3.05) is 5.88 Å². The van der Waals surface area contributed by atoms with Gasteiger partial charge in [-0.25, -0.2) is 4.39 Å². The van der Waals surface area contributed by atoms with E-state index in [1.807, 2.05) is 0 Å². The molecular weight excluding hydrogens is 245 g/mol. The standard InChI is InChI=1S/C10H8ClF3O2/c11-2-1-9(15)6-3-7(12)5-8(4-6)16-10(13)14/h3-5,10H,1-2H2. The largest absolute Gasteiger partial charge is 0.435 e. The fraction of sp³-hybridized carbons (Fsp3) is 0.300. The number of hydrogen-bond donors (Lipinski definition) is 0. The maximum absolute atomic E-state index is 13.0. The van der Waals surface area contributed by atoms with E-state index in [0.29, 0.717) is 0 Å². The van der Waals surface area contributed by atoms with Gasteiger partial charge in [-0.3, -0.25) is 4.79 Å². The van der Waals surface area contributed by atoms with Gasteiger partial charge >= 0.3 is 6.61 Å². The molecule has 1 aromatic carbocycles. The normalized spacial score (nSPS) is 10.6. The molecule has 1 rings (SSSR count). The third kappa shape index (κ3) is 3.73. The Balaban J connectivity index is 2.93. The first-order valence-electron chi connectivity index (χ1n) is 4.37. The Morgan fingerprint density at radius 1 is 1.38 bits per heavy atom. The van der Waals surface area contributed by atoms with Crippen molar-refractivity contribution < 1.29 is 22.7 Å². The molecule has 0 heterocycles. The molecule has 0 aromatic heterocycles.